The molecule has 2 rings (SSSR count). The minimum absolute atomic E-state index is 0.285. The molecule has 0 saturated heterocycles. The van der Waals surface area contributed by atoms with Crippen LogP contribution in [-0.4, -0.2) is 26.5 Å². The smallest absolute Gasteiger partial charge is 0.122 e. The lowest BCUT2D eigenvalue weighted by Crippen LogP contribution is -2.24. The highest BCUT2D eigenvalue weighted by Crippen LogP contribution is 2.17. The molecule has 2 aromatic rings. The van der Waals surface area contributed by atoms with Crippen LogP contribution in [0.25, 0.3) is 0 Å². The van der Waals surface area contributed by atoms with Gasteiger partial charge in [0, 0.05) is 31.2 Å². The third kappa shape index (κ3) is 3.41. The summed E-state index contributed by atoms with van der Waals surface area (Å²) < 4.78 is 2.22. The normalized spacial score (nSPS) is 12.8. The van der Waals surface area contributed by atoms with E-state index in [1.165, 1.54) is 0 Å². The molecule has 0 bridgehead atoms. The average molecular weight is 258 g/mol. The molecule has 0 radical (unpaired) electrons. The zero-order chi connectivity index (χ0) is 13.7. The van der Waals surface area contributed by atoms with E-state index in [-0.39, 0.29) is 6.04 Å². The van der Waals surface area contributed by atoms with Crippen LogP contribution in [0.5, 0.6) is 0 Å². The van der Waals surface area contributed by atoms with Gasteiger partial charge in [-0.05, 0) is 32.5 Å². The molecule has 0 spiro atoms. The van der Waals surface area contributed by atoms with Crippen molar-refractivity contribution in [1.29, 1.82) is 0 Å². The van der Waals surface area contributed by atoms with Crippen LogP contribution in [0.3, 0.4) is 0 Å². The van der Waals surface area contributed by atoms with Crippen LogP contribution in [0.15, 0.2) is 36.8 Å². The fraction of sp³-hybridized carbons (Fsp3) is 0.467. The van der Waals surface area contributed by atoms with Crippen LogP contribution in [-0.2, 0) is 13.1 Å². The van der Waals surface area contributed by atoms with Gasteiger partial charge in [0.25, 0.3) is 0 Å². The minimum Gasteiger partial charge on any atom is -0.334 e. The van der Waals surface area contributed by atoms with E-state index in [4.69, 9.17) is 0 Å². The third-order valence-electron chi connectivity index (χ3n) is 3.43. The summed E-state index contributed by atoms with van der Waals surface area (Å²) in [5, 5.41) is 0. The van der Waals surface area contributed by atoms with Crippen LogP contribution in [0.1, 0.15) is 37.8 Å². The molecular formula is C15H22N4. The first kappa shape index (κ1) is 13.7. The van der Waals surface area contributed by atoms with Crippen molar-refractivity contribution in [1.82, 2.24) is 19.4 Å². The summed E-state index contributed by atoms with van der Waals surface area (Å²) in [6.45, 7) is 6.23. The van der Waals surface area contributed by atoms with E-state index in [1.54, 1.807) is 0 Å². The number of hydrogen-bond acceptors (Lipinski definition) is 3. The molecule has 102 valence electrons. The summed E-state index contributed by atoms with van der Waals surface area (Å²) in [5.74, 6) is 1.12. The Morgan fingerprint density at radius 1 is 1.26 bits per heavy atom. The predicted molar refractivity (Wildman–Crippen MR) is 76.6 cm³/mol. The van der Waals surface area contributed by atoms with E-state index in [9.17, 15) is 0 Å². The molecule has 0 fully saturated rings. The summed E-state index contributed by atoms with van der Waals surface area (Å²) in [7, 11) is 2.12. The molecule has 1 atom stereocenters. The quantitative estimate of drug-likeness (QED) is 0.799. The largest absolute Gasteiger partial charge is 0.334 e. The lowest BCUT2D eigenvalue weighted by Gasteiger charge is -2.24. The Labute approximate surface area is 115 Å². The lowest BCUT2D eigenvalue weighted by molar-refractivity contribution is 0.239. The Hall–Kier alpha value is -1.68. The number of pyridine rings is 1. The Morgan fingerprint density at radius 2 is 2.11 bits per heavy atom. The number of imidazole rings is 1. The SMILES string of the molecule is CCCn1ccnc1CN(C)[C@H](C)c1ccccn1. The molecule has 4 heteroatoms. The van der Waals surface area contributed by atoms with Gasteiger partial charge >= 0.3 is 0 Å². The maximum absolute atomic E-state index is 4.45. The van der Waals surface area contributed by atoms with E-state index < -0.39 is 0 Å². The third-order valence-corrected chi connectivity index (χ3v) is 3.43. The van der Waals surface area contributed by atoms with Gasteiger partial charge in [0.15, 0.2) is 0 Å². The highest BCUT2D eigenvalue weighted by Gasteiger charge is 2.14. The van der Waals surface area contributed by atoms with E-state index in [0.29, 0.717) is 0 Å². The summed E-state index contributed by atoms with van der Waals surface area (Å²) in [5.41, 5.74) is 1.10. The molecule has 2 aromatic heterocycles. The fourth-order valence-electron chi connectivity index (χ4n) is 2.15. The van der Waals surface area contributed by atoms with Crippen molar-refractivity contribution >= 4 is 0 Å². The second-order valence-electron chi connectivity index (χ2n) is 4.88. The van der Waals surface area contributed by atoms with Crippen molar-refractivity contribution in [2.45, 2.75) is 39.4 Å². The van der Waals surface area contributed by atoms with Gasteiger partial charge in [-0.15, -0.1) is 0 Å². The van der Waals surface area contributed by atoms with Crippen LogP contribution >= 0.6 is 0 Å². The topological polar surface area (TPSA) is 34.0 Å². The van der Waals surface area contributed by atoms with Crippen molar-refractivity contribution in [3.05, 3.63) is 48.3 Å². The lowest BCUT2D eigenvalue weighted by atomic mass is 10.2. The molecular weight excluding hydrogens is 236 g/mol. The van der Waals surface area contributed by atoms with E-state index >= 15 is 0 Å². The Bertz CT molecular complexity index is 492. The first-order valence-electron chi connectivity index (χ1n) is 6.83. The van der Waals surface area contributed by atoms with Crippen molar-refractivity contribution in [3.8, 4) is 0 Å². The van der Waals surface area contributed by atoms with Gasteiger partial charge in [0.1, 0.15) is 5.82 Å². The first-order valence-corrected chi connectivity index (χ1v) is 6.83. The minimum atomic E-state index is 0.285. The molecule has 0 aromatic carbocycles. The molecule has 0 saturated carbocycles. The van der Waals surface area contributed by atoms with Gasteiger partial charge in [-0.2, -0.15) is 0 Å². The monoisotopic (exact) mass is 258 g/mol. The Kier molecular flexibility index (Phi) is 4.68. The predicted octanol–water partition coefficient (Wildman–Crippen LogP) is 2.88. The van der Waals surface area contributed by atoms with Gasteiger partial charge in [-0.1, -0.05) is 13.0 Å². The van der Waals surface area contributed by atoms with Gasteiger partial charge in [-0.3, -0.25) is 9.88 Å². The number of nitrogens with zero attached hydrogens (tertiary/aromatic N) is 4. The second-order valence-corrected chi connectivity index (χ2v) is 4.88. The molecule has 4 nitrogen and oxygen atoms in total. The van der Waals surface area contributed by atoms with E-state index in [2.05, 4.69) is 52.6 Å². The van der Waals surface area contributed by atoms with Crippen molar-refractivity contribution < 1.29 is 0 Å². The summed E-state index contributed by atoms with van der Waals surface area (Å²) in [4.78, 5) is 11.1. The number of rotatable bonds is 6. The van der Waals surface area contributed by atoms with Gasteiger partial charge in [0.2, 0.25) is 0 Å². The van der Waals surface area contributed by atoms with Gasteiger partial charge < -0.3 is 4.57 Å². The molecule has 0 N–H and O–H groups in total. The standard InChI is InChI=1S/C15H22N4/c1-4-10-19-11-9-17-15(19)12-18(3)13(2)14-7-5-6-8-16-14/h5-9,11,13H,4,10,12H2,1-3H3/t13-/m1/s1. The molecule has 2 heterocycles. The highest BCUT2D eigenvalue weighted by molar-refractivity contribution is 5.08. The molecule has 0 aliphatic carbocycles. The maximum atomic E-state index is 4.45. The molecule has 0 aliphatic heterocycles. The Balaban J connectivity index is 2.04. The van der Waals surface area contributed by atoms with Crippen LogP contribution in [0.2, 0.25) is 0 Å². The zero-order valence-corrected chi connectivity index (χ0v) is 12.0. The zero-order valence-electron chi connectivity index (χ0n) is 12.0. The van der Waals surface area contributed by atoms with Crippen molar-refractivity contribution in [3.63, 3.8) is 0 Å². The first-order chi connectivity index (χ1) is 9.22. The maximum Gasteiger partial charge on any atom is 0.122 e. The molecule has 0 aliphatic rings. The summed E-state index contributed by atoms with van der Waals surface area (Å²) in [6.07, 6.45) is 6.91. The van der Waals surface area contributed by atoms with Gasteiger partial charge in [-0.25, -0.2) is 4.98 Å². The fourth-order valence-corrected chi connectivity index (χ4v) is 2.15. The molecule has 0 amide bonds. The number of aryl methyl sites for hydroxylation is 1. The van der Waals surface area contributed by atoms with Crippen molar-refractivity contribution in [2.24, 2.45) is 0 Å². The van der Waals surface area contributed by atoms with Crippen LogP contribution in [0, 0.1) is 0 Å². The van der Waals surface area contributed by atoms with Crippen molar-refractivity contribution in [2.75, 3.05) is 7.05 Å². The average Bonchev–Trinajstić information content (AvgIpc) is 2.86. The Morgan fingerprint density at radius 3 is 2.79 bits per heavy atom. The number of hydrogen-bond donors (Lipinski definition) is 0. The van der Waals surface area contributed by atoms with E-state index in [0.717, 1.165) is 31.0 Å². The highest BCUT2D eigenvalue weighted by atomic mass is 15.2. The second kappa shape index (κ2) is 6.48. The summed E-state index contributed by atoms with van der Waals surface area (Å²) in [6, 6.07) is 6.34. The van der Waals surface area contributed by atoms with Crippen LogP contribution < -0.4 is 0 Å². The van der Waals surface area contributed by atoms with Crippen LogP contribution in [0.4, 0.5) is 0 Å². The van der Waals surface area contributed by atoms with E-state index in [1.807, 2.05) is 24.5 Å². The molecule has 0 unspecified atom stereocenters. The summed E-state index contributed by atoms with van der Waals surface area (Å²) >= 11 is 0. The number of aromatic nitrogens is 3. The molecule has 19 heavy (non-hydrogen) atoms. The van der Waals surface area contributed by atoms with Gasteiger partial charge in [0.05, 0.1) is 12.2 Å².